The smallest absolute Gasteiger partial charge is 0.311 e. The molecule has 0 fully saturated rings. The van der Waals surface area contributed by atoms with Crippen molar-refractivity contribution in [3.63, 3.8) is 0 Å². The number of hydrogen-bond donors (Lipinski definition) is 1. The van der Waals surface area contributed by atoms with E-state index in [0.29, 0.717) is 17.3 Å². The van der Waals surface area contributed by atoms with E-state index in [-0.39, 0.29) is 23.1 Å². The van der Waals surface area contributed by atoms with Crippen LogP contribution in [0.3, 0.4) is 0 Å². The highest BCUT2D eigenvalue weighted by molar-refractivity contribution is 6.30. The normalized spacial score (nSPS) is 10.4. The van der Waals surface area contributed by atoms with Gasteiger partial charge in [-0.25, -0.2) is 4.98 Å². The Labute approximate surface area is 125 Å². The zero-order valence-electron chi connectivity index (χ0n) is 11.2. The Hall–Kier alpha value is -2.41. The van der Waals surface area contributed by atoms with Crippen LogP contribution in [0.25, 0.3) is 0 Å². The molecule has 0 saturated heterocycles. The Morgan fingerprint density at radius 2 is 2.14 bits per heavy atom. The van der Waals surface area contributed by atoms with E-state index in [0.717, 1.165) is 6.42 Å². The van der Waals surface area contributed by atoms with Crippen molar-refractivity contribution in [2.45, 2.75) is 19.8 Å². The number of hydrogen-bond acceptors (Lipinski definition) is 6. The van der Waals surface area contributed by atoms with Crippen LogP contribution in [0.1, 0.15) is 19.2 Å². The number of rotatable bonds is 5. The molecular formula is C13H13ClN4O3. The van der Waals surface area contributed by atoms with Gasteiger partial charge in [0.15, 0.2) is 0 Å². The predicted octanol–water partition coefficient (Wildman–Crippen LogP) is 3.37. The van der Waals surface area contributed by atoms with Gasteiger partial charge in [0.05, 0.1) is 4.92 Å². The summed E-state index contributed by atoms with van der Waals surface area (Å²) in [7, 11) is 0. The SMILES string of the molecule is CCCc1nc(N)cc(Oc2cc(Cl)ccc2[N+](=O)[O-])n1. The van der Waals surface area contributed by atoms with Gasteiger partial charge in [-0.2, -0.15) is 4.98 Å². The molecule has 0 atom stereocenters. The standard InChI is InChI=1S/C13H13ClN4O3/c1-2-3-12-16-11(15)7-13(17-12)21-10-6-8(14)4-5-9(10)18(19)20/h4-7H,2-3H2,1H3,(H2,15,16,17). The minimum atomic E-state index is -0.552. The molecule has 7 nitrogen and oxygen atoms in total. The van der Waals surface area contributed by atoms with Gasteiger partial charge >= 0.3 is 5.69 Å². The van der Waals surface area contributed by atoms with Crippen LogP contribution in [0.2, 0.25) is 5.02 Å². The van der Waals surface area contributed by atoms with E-state index in [9.17, 15) is 10.1 Å². The second-order valence-corrected chi connectivity index (χ2v) is 4.70. The molecule has 0 radical (unpaired) electrons. The number of nitrogens with zero attached hydrogens (tertiary/aromatic N) is 3. The minimum absolute atomic E-state index is 0.00745. The maximum absolute atomic E-state index is 11.0. The lowest BCUT2D eigenvalue weighted by atomic mass is 10.3. The predicted molar refractivity (Wildman–Crippen MR) is 78.6 cm³/mol. The van der Waals surface area contributed by atoms with Crippen LogP contribution in [0, 0.1) is 10.1 Å². The van der Waals surface area contributed by atoms with Crippen molar-refractivity contribution >= 4 is 23.1 Å². The summed E-state index contributed by atoms with van der Waals surface area (Å²) in [4.78, 5) is 18.7. The zero-order valence-corrected chi connectivity index (χ0v) is 12.0. The highest BCUT2D eigenvalue weighted by Crippen LogP contribution is 2.33. The van der Waals surface area contributed by atoms with Crippen molar-refractivity contribution in [2.24, 2.45) is 0 Å². The quantitative estimate of drug-likeness (QED) is 0.670. The molecule has 21 heavy (non-hydrogen) atoms. The highest BCUT2D eigenvalue weighted by Gasteiger charge is 2.17. The van der Waals surface area contributed by atoms with Crippen molar-refractivity contribution in [1.29, 1.82) is 0 Å². The van der Waals surface area contributed by atoms with E-state index in [1.807, 2.05) is 6.92 Å². The maximum atomic E-state index is 11.0. The zero-order chi connectivity index (χ0) is 15.4. The fourth-order valence-corrected chi connectivity index (χ4v) is 1.88. The number of aromatic nitrogens is 2. The Kier molecular flexibility index (Phi) is 4.54. The molecular weight excluding hydrogens is 296 g/mol. The van der Waals surface area contributed by atoms with Gasteiger partial charge in [-0.1, -0.05) is 18.5 Å². The third-order valence-corrected chi connectivity index (χ3v) is 2.81. The highest BCUT2D eigenvalue weighted by atomic mass is 35.5. The van der Waals surface area contributed by atoms with Crippen molar-refractivity contribution in [1.82, 2.24) is 9.97 Å². The van der Waals surface area contributed by atoms with Crippen LogP contribution in [0.5, 0.6) is 11.6 Å². The first kappa shape index (κ1) is 15.0. The van der Waals surface area contributed by atoms with E-state index in [1.54, 1.807) is 0 Å². The Balaban J connectivity index is 2.37. The Morgan fingerprint density at radius 3 is 2.81 bits per heavy atom. The molecule has 2 N–H and O–H groups in total. The van der Waals surface area contributed by atoms with Crippen LogP contribution in [-0.2, 0) is 6.42 Å². The summed E-state index contributed by atoms with van der Waals surface area (Å²) in [5, 5.41) is 11.3. The minimum Gasteiger partial charge on any atom is -0.432 e. The lowest BCUT2D eigenvalue weighted by Gasteiger charge is -2.08. The van der Waals surface area contributed by atoms with E-state index >= 15 is 0 Å². The van der Waals surface area contributed by atoms with Crippen molar-refractivity contribution in [3.8, 4) is 11.6 Å². The molecule has 8 heteroatoms. The number of nitrogen functional groups attached to an aromatic ring is 1. The van der Waals surface area contributed by atoms with Crippen LogP contribution >= 0.6 is 11.6 Å². The third-order valence-electron chi connectivity index (χ3n) is 2.58. The Bertz CT molecular complexity index is 678. The fraction of sp³-hybridized carbons (Fsp3) is 0.231. The molecule has 0 aliphatic rings. The number of anilines is 1. The van der Waals surface area contributed by atoms with Gasteiger partial charge in [0.2, 0.25) is 11.6 Å². The van der Waals surface area contributed by atoms with Crippen molar-refractivity contribution < 1.29 is 9.66 Å². The van der Waals surface area contributed by atoms with E-state index in [2.05, 4.69) is 9.97 Å². The topological polar surface area (TPSA) is 104 Å². The number of halogens is 1. The summed E-state index contributed by atoms with van der Waals surface area (Å²) >= 11 is 5.84. The van der Waals surface area contributed by atoms with Gasteiger partial charge in [0.25, 0.3) is 0 Å². The molecule has 110 valence electrons. The molecule has 2 rings (SSSR count). The molecule has 2 aromatic rings. The average Bonchev–Trinajstić information content (AvgIpc) is 2.38. The number of nitro benzene ring substituents is 1. The van der Waals surface area contributed by atoms with E-state index in [4.69, 9.17) is 22.1 Å². The molecule has 0 aliphatic heterocycles. The summed E-state index contributed by atoms with van der Waals surface area (Å²) in [6.45, 7) is 1.98. The number of nitrogens with two attached hydrogens (primary N) is 1. The van der Waals surface area contributed by atoms with Crippen LogP contribution in [0.15, 0.2) is 24.3 Å². The van der Waals surface area contributed by atoms with Crippen molar-refractivity contribution in [2.75, 3.05) is 5.73 Å². The largest absolute Gasteiger partial charge is 0.432 e. The second kappa shape index (κ2) is 6.36. The fourth-order valence-electron chi connectivity index (χ4n) is 1.71. The Morgan fingerprint density at radius 1 is 1.38 bits per heavy atom. The van der Waals surface area contributed by atoms with Crippen molar-refractivity contribution in [3.05, 3.63) is 45.2 Å². The first-order valence-electron chi connectivity index (χ1n) is 6.25. The van der Waals surface area contributed by atoms with Gasteiger partial charge in [-0.05, 0) is 12.5 Å². The molecule has 0 amide bonds. The van der Waals surface area contributed by atoms with E-state index in [1.165, 1.54) is 24.3 Å². The second-order valence-electron chi connectivity index (χ2n) is 4.27. The molecule has 1 aromatic carbocycles. The molecule has 0 bridgehead atoms. The van der Waals surface area contributed by atoms with E-state index < -0.39 is 4.92 Å². The summed E-state index contributed by atoms with van der Waals surface area (Å²) in [5.74, 6) is 0.926. The maximum Gasteiger partial charge on any atom is 0.311 e. The molecule has 0 unspecified atom stereocenters. The monoisotopic (exact) mass is 308 g/mol. The summed E-state index contributed by atoms with van der Waals surface area (Å²) in [5.41, 5.74) is 5.48. The number of benzene rings is 1. The summed E-state index contributed by atoms with van der Waals surface area (Å²) in [6.07, 6.45) is 1.49. The van der Waals surface area contributed by atoms with Crippen LogP contribution in [0.4, 0.5) is 11.5 Å². The summed E-state index contributed by atoms with van der Waals surface area (Å²) < 4.78 is 5.46. The third kappa shape index (κ3) is 3.79. The molecule has 0 spiro atoms. The first-order valence-corrected chi connectivity index (χ1v) is 6.62. The molecule has 1 heterocycles. The molecule has 1 aromatic heterocycles. The van der Waals surface area contributed by atoms with Gasteiger partial charge in [0.1, 0.15) is 11.6 Å². The number of nitro groups is 1. The number of aryl methyl sites for hydroxylation is 1. The first-order chi connectivity index (χ1) is 9.99. The van der Waals surface area contributed by atoms with Gasteiger partial charge in [-0.3, -0.25) is 10.1 Å². The average molecular weight is 309 g/mol. The lowest BCUT2D eigenvalue weighted by Crippen LogP contribution is -2.02. The van der Waals surface area contributed by atoms with Gasteiger partial charge < -0.3 is 10.5 Å². The lowest BCUT2D eigenvalue weighted by molar-refractivity contribution is -0.385. The van der Waals surface area contributed by atoms with Crippen LogP contribution in [-0.4, -0.2) is 14.9 Å². The number of ether oxygens (including phenoxy) is 1. The molecule has 0 saturated carbocycles. The van der Waals surface area contributed by atoms with Crippen LogP contribution < -0.4 is 10.5 Å². The van der Waals surface area contributed by atoms with Gasteiger partial charge in [-0.15, -0.1) is 0 Å². The molecule has 0 aliphatic carbocycles. The van der Waals surface area contributed by atoms with Gasteiger partial charge in [0, 0.05) is 29.6 Å². The summed E-state index contributed by atoms with van der Waals surface area (Å²) in [6, 6.07) is 5.46.